The van der Waals surface area contributed by atoms with Crippen LogP contribution < -0.4 is 5.32 Å². The fourth-order valence-electron chi connectivity index (χ4n) is 1.48. The Bertz CT molecular complexity index is 368. The van der Waals surface area contributed by atoms with E-state index in [-0.39, 0.29) is 12.0 Å². The number of benzene rings is 1. The maximum absolute atomic E-state index is 11.8. The molecular formula is C13H18ClNO2. The van der Waals surface area contributed by atoms with Crippen LogP contribution in [0.4, 0.5) is 0 Å². The van der Waals surface area contributed by atoms with Gasteiger partial charge in [0, 0.05) is 24.6 Å². The fraction of sp³-hybridized carbons (Fsp3) is 0.462. The number of alkyl halides is 1. The van der Waals surface area contributed by atoms with E-state index in [1.54, 1.807) is 12.1 Å². The maximum Gasteiger partial charge on any atom is 0.251 e. The third-order valence-corrected chi connectivity index (χ3v) is 2.65. The van der Waals surface area contributed by atoms with Crippen molar-refractivity contribution in [3.8, 4) is 0 Å². The average Bonchev–Trinajstić information content (AvgIpc) is 2.36. The summed E-state index contributed by atoms with van der Waals surface area (Å²) in [5, 5.41) is 2.83. The molecule has 1 aromatic rings. The van der Waals surface area contributed by atoms with Gasteiger partial charge in [0.25, 0.3) is 5.91 Å². The first-order chi connectivity index (χ1) is 8.17. The Labute approximate surface area is 107 Å². The van der Waals surface area contributed by atoms with Crippen molar-refractivity contribution in [3.63, 3.8) is 0 Å². The molecule has 94 valence electrons. The summed E-state index contributed by atoms with van der Waals surface area (Å²) in [4.78, 5) is 11.8. The molecule has 0 aromatic heterocycles. The normalized spacial score (nSPS) is 12.2. The highest BCUT2D eigenvalue weighted by atomic mass is 35.5. The zero-order chi connectivity index (χ0) is 12.7. The lowest BCUT2D eigenvalue weighted by molar-refractivity contribution is 0.0695. The third-order valence-electron chi connectivity index (χ3n) is 2.34. The van der Waals surface area contributed by atoms with Gasteiger partial charge in [0.2, 0.25) is 0 Å². The Kier molecular flexibility index (Phi) is 6.01. The molecule has 1 atom stereocenters. The number of rotatable bonds is 6. The quantitative estimate of drug-likeness (QED) is 0.794. The van der Waals surface area contributed by atoms with E-state index in [4.69, 9.17) is 16.3 Å². The summed E-state index contributed by atoms with van der Waals surface area (Å²) < 4.78 is 5.34. The molecular weight excluding hydrogens is 238 g/mol. The van der Waals surface area contributed by atoms with Gasteiger partial charge in [-0.1, -0.05) is 12.1 Å². The second-order valence-electron chi connectivity index (χ2n) is 3.81. The molecule has 1 unspecified atom stereocenters. The molecule has 1 rings (SSSR count). The van der Waals surface area contributed by atoms with Crippen molar-refractivity contribution < 1.29 is 9.53 Å². The predicted molar refractivity (Wildman–Crippen MR) is 69.4 cm³/mol. The van der Waals surface area contributed by atoms with Gasteiger partial charge in [-0.3, -0.25) is 4.79 Å². The standard InChI is InChI=1S/C13H18ClNO2/c1-3-17-10(2)9-15-13(16)12-6-4-5-11(7-12)8-14/h4-7,10H,3,8-9H2,1-2H3,(H,15,16). The number of carbonyl (C=O) groups excluding carboxylic acids is 1. The van der Waals surface area contributed by atoms with E-state index < -0.39 is 0 Å². The van der Waals surface area contributed by atoms with Crippen molar-refractivity contribution in [3.05, 3.63) is 35.4 Å². The van der Waals surface area contributed by atoms with Gasteiger partial charge >= 0.3 is 0 Å². The van der Waals surface area contributed by atoms with Crippen LogP contribution >= 0.6 is 11.6 Å². The lowest BCUT2D eigenvalue weighted by Crippen LogP contribution is -2.32. The van der Waals surface area contributed by atoms with E-state index in [0.29, 0.717) is 24.6 Å². The number of amides is 1. The lowest BCUT2D eigenvalue weighted by Gasteiger charge is -2.12. The lowest BCUT2D eigenvalue weighted by atomic mass is 10.1. The van der Waals surface area contributed by atoms with Gasteiger partial charge in [0.1, 0.15) is 0 Å². The predicted octanol–water partition coefficient (Wildman–Crippen LogP) is 2.58. The molecule has 17 heavy (non-hydrogen) atoms. The van der Waals surface area contributed by atoms with Gasteiger partial charge in [-0.15, -0.1) is 11.6 Å². The highest BCUT2D eigenvalue weighted by Crippen LogP contribution is 2.07. The summed E-state index contributed by atoms with van der Waals surface area (Å²) in [6.07, 6.45) is 0.0279. The number of nitrogens with one attached hydrogen (secondary N) is 1. The van der Waals surface area contributed by atoms with Gasteiger partial charge in [-0.25, -0.2) is 0 Å². The first-order valence-corrected chi connectivity index (χ1v) is 6.25. The zero-order valence-electron chi connectivity index (χ0n) is 10.2. The summed E-state index contributed by atoms with van der Waals surface area (Å²) in [7, 11) is 0. The number of carbonyl (C=O) groups is 1. The zero-order valence-corrected chi connectivity index (χ0v) is 11.0. The van der Waals surface area contributed by atoms with E-state index in [1.165, 1.54) is 0 Å². The van der Waals surface area contributed by atoms with Gasteiger partial charge in [-0.2, -0.15) is 0 Å². The molecule has 0 bridgehead atoms. The number of halogens is 1. The fourth-order valence-corrected chi connectivity index (χ4v) is 1.64. The summed E-state index contributed by atoms with van der Waals surface area (Å²) in [6, 6.07) is 7.30. The SMILES string of the molecule is CCOC(C)CNC(=O)c1cccc(CCl)c1. The molecule has 0 aliphatic carbocycles. The minimum Gasteiger partial charge on any atom is -0.377 e. The summed E-state index contributed by atoms with van der Waals surface area (Å²) in [6.45, 7) is 5.03. The highest BCUT2D eigenvalue weighted by molar-refractivity contribution is 6.17. The smallest absolute Gasteiger partial charge is 0.251 e. The molecule has 0 radical (unpaired) electrons. The molecule has 0 aliphatic heterocycles. The Hall–Kier alpha value is -1.06. The summed E-state index contributed by atoms with van der Waals surface area (Å²) >= 11 is 5.72. The highest BCUT2D eigenvalue weighted by Gasteiger charge is 2.07. The molecule has 0 aliphatic rings. The van der Waals surface area contributed by atoms with E-state index in [2.05, 4.69) is 5.32 Å². The van der Waals surface area contributed by atoms with Crippen molar-refractivity contribution in [1.29, 1.82) is 0 Å². The molecule has 1 amide bonds. The monoisotopic (exact) mass is 255 g/mol. The van der Waals surface area contributed by atoms with Crippen LogP contribution in [-0.4, -0.2) is 25.2 Å². The van der Waals surface area contributed by atoms with Gasteiger partial charge in [0.15, 0.2) is 0 Å². The van der Waals surface area contributed by atoms with Gasteiger partial charge in [0.05, 0.1) is 6.10 Å². The summed E-state index contributed by atoms with van der Waals surface area (Å²) in [5.74, 6) is 0.319. The Balaban J connectivity index is 2.51. The van der Waals surface area contributed by atoms with Crippen LogP contribution in [0.25, 0.3) is 0 Å². The number of ether oxygens (including phenoxy) is 1. The minimum atomic E-state index is -0.0940. The van der Waals surface area contributed by atoms with E-state index in [9.17, 15) is 4.79 Å². The molecule has 0 saturated carbocycles. The molecule has 0 saturated heterocycles. The second-order valence-corrected chi connectivity index (χ2v) is 4.08. The first-order valence-electron chi connectivity index (χ1n) is 5.72. The van der Waals surface area contributed by atoms with Crippen molar-refractivity contribution in [1.82, 2.24) is 5.32 Å². The second kappa shape index (κ2) is 7.30. The third kappa shape index (κ3) is 4.75. The van der Waals surface area contributed by atoms with Crippen molar-refractivity contribution in [2.75, 3.05) is 13.2 Å². The van der Waals surface area contributed by atoms with Crippen LogP contribution in [-0.2, 0) is 10.6 Å². The summed E-state index contributed by atoms with van der Waals surface area (Å²) in [5.41, 5.74) is 1.57. The first kappa shape index (κ1) is 14.0. The van der Waals surface area contributed by atoms with Crippen LogP contribution in [0, 0.1) is 0 Å². The molecule has 0 fully saturated rings. The van der Waals surface area contributed by atoms with Crippen LogP contribution in [0.15, 0.2) is 24.3 Å². The van der Waals surface area contributed by atoms with Crippen LogP contribution in [0.3, 0.4) is 0 Å². The van der Waals surface area contributed by atoms with Crippen molar-refractivity contribution in [2.45, 2.75) is 25.8 Å². The van der Waals surface area contributed by atoms with E-state index >= 15 is 0 Å². The molecule has 0 spiro atoms. The Morgan fingerprint density at radius 1 is 1.53 bits per heavy atom. The average molecular weight is 256 g/mol. The maximum atomic E-state index is 11.8. The molecule has 1 N–H and O–H groups in total. The van der Waals surface area contributed by atoms with Crippen LogP contribution in [0.1, 0.15) is 29.8 Å². The van der Waals surface area contributed by atoms with Crippen LogP contribution in [0.5, 0.6) is 0 Å². The van der Waals surface area contributed by atoms with E-state index in [0.717, 1.165) is 5.56 Å². The Morgan fingerprint density at radius 3 is 2.94 bits per heavy atom. The molecule has 4 heteroatoms. The number of hydrogen-bond acceptors (Lipinski definition) is 2. The van der Waals surface area contributed by atoms with Crippen LogP contribution in [0.2, 0.25) is 0 Å². The van der Waals surface area contributed by atoms with Crippen molar-refractivity contribution in [2.24, 2.45) is 0 Å². The number of hydrogen-bond donors (Lipinski definition) is 1. The van der Waals surface area contributed by atoms with Gasteiger partial charge < -0.3 is 10.1 Å². The topological polar surface area (TPSA) is 38.3 Å². The van der Waals surface area contributed by atoms with Gasteiger partial charge in [-0.05, 0) is 31.5 Å². The van der Waals surface area contributed by atoms with E-state index in [1.807, 2.05) is 26.0 Å². The Morgan fingerprint density at radius 2 is 2.29 bits per heavy atom. The van der Waals surface area contributed by atoms with Crippen molar-refractivity contribution >= 4 is 17.5 Å². The molecule has 3 nitrogen and oxygen atoms in total. The molecule has 0 heterocycles. The minimum absolute atomic E-state index is 0.0279. The largest absolute Gasteiger partial charge is 0.377 e. The molecule has 1 aromatic carbocycles.